The molecule has 1 atom stereocenters. The smallest absolute Gasteiger partial charge is 0.129 e. The van der Waals surface area contributed by atoms with Crippen LogP contribution in [0.4, 0.5) is 8.78 Å². The van der Waals surface area contributed by atoms with Crippen molar-refractivity contribution in [3.8, 4) is 0 Å². The lowest BCUT2D eigenvalue weighted by Crippen LogP contribution is -2.53. The molecule has 0 radical (unpaired) electrons. The first kappa shape index (κ1) is 18.1. The number of hydrogen-bond acceptors (Lipinski definition) is 2. The summed E-state index contributed by atoms with van der Waals surface area (Å²) < 4.78 is 32.7. The Morgan fingerprint density at radius 3 is 2.33 bits per heavy atom. The van der Waals surface area contributed by atoms with Gasteiger partial charge in [0.1, 0.15) is 11.6 Å². The van der Waals surface area contributed by atoms with E-state index in [1.54, 1.807) is 7.11 Å². The fourth-order valence-electron chi connectivity index (χ4n) is 2.84. The van der Waals surface area contributed by atoms with Crippen LogP contribution in [0.25, 0.3) is 0 Å². The van der Waals surface area contributed by atoms with Crippen molar-refractivity contribution in [2.75, 3.05) is 13.7 Å². The van der Waals surface area contributed by atoms with Crippen LogP contribution in [0.5, 0.6) is 0 Å². The molecule has 0 spiro atoms. The average molecular weight is 299 g/mol. The summed E-state index contributed by atoms with van der Waals surface area (Å²) in [6, 6.07) is 3.77. The van der Waals surface area contributed by atoms with E-state index in [1.165, 1.54) is 12.1 Å². The van der Waals surface area contributed by atoms with Crippen LogP contribution in [0.3, 0.4) is 0 Å². The molecule has 2 nitrogen and oxygen atoms in total. The Balaban J connectivity index is 3.01. The highest BCUT2D eigenvalue weighted by Gasteiger charge is 2.35. The summed E-state index contributed by atoms with van der Waals surface area (Å²) in [5.74, 6) is -1.03. The summed E-state index contributed by atoms with van der Waals surface area (Å²) in [5.41, 5.74) is 0.184. The Labute approximate surface area is 126 Å². The average Bonchev–Trinajstić information content (AvgIpc) is 2.49. The van der Waals surface area contributed by atoms with Gasteiger partial charge in [0.15, 0.2) is 0 Å². The predicted octanol–water partition coefficient (Wildman–Crippen LogP) is 4.08. The fraction of sp³-hybridized carbons (Fsp3) is 0.647. The molecule has 0 fully saturated rings. The van der Waals surface area contributed by atoms with Crippen LogP contribution >= 0.6 is 0 Å². The molecule has 0 aliphatic carbocycles. The minimum Gasteiger partial charge on any atom is -0.377 e. The van der Waals surface area contributed by atoms with Gasteiger partial charge in [-0.1, -0.05) is 26.8 Å². The normalized spacial score (nSPS) is 13.4. The van der Waals surface area contributed by atoms with Crippen LogP contribution < -0.4 is 5.32 Å². The number of methoxy groups -OCH3 is 1. The lowest BCUT2D eigenvalue weighted by Gasteiger charge is -2.39. The molecule has 1 aromatic rings. The maximum absolute atomic E-state index is 13.9. The summed E-state index contributed by atoms with van der Waals surface area (Å²) in [5, 5.41) is 3.47. The van der Waals surface area contributed by atoms with Gasteiger partial charge in [0.2, 0.25) is 0 Å². The Bertz CT molecular complexity index is 425. The van der Waals surface area contributed by atoms with Crippen LogP contribution in [0, 0.1) is 11.6 Å². The zero-order valence-electron chi connectivity index (χ0n) is 13.5. The molecule has 1 rings (SSSR count). The second-order valence-corrected chi connectivity index (χ2v) is 5.42. The third-order valence-corrected chi connectivity index (χ3v) is 4.32. The molecule has 4 heteroatoms. The Morgan fingerprint density at radius 1 is 1.19 bits per heavy atom. The Morgan fingerprint density at radius 2 is 1.86 bits per heavy atom. The highest BCUT2D eigenvalue weighted by molar-refractivity contribution is 5.20. The summed E-state index contributed by atoms with van der Waals surface area (Å²) in [7, 11) is 1.70. The van der Waals surface area contributed by atoms with Gasteiger partial charge < -0.3 is 10.1 Å². The molecule has 0 saturated carbocycles. The van der Waals surface area contributed by atoms with E-state index in [1.807, 2.05) is 0 Å². The Kier molecular flexibility index (Phi) is 7.26. The maximum Gasteiger partial charge on any atom is 0.129 e. The first-order valence-corrected chi connectivity index (χ1v) is 7.75. The summed E-state index contributed by atoms with van der Waals surface area (Å²) in [6.45, 7) is 7.09. The summed E-state index contributed by atoms with van der Waals surface area (Å²) in [6.07, 6.45) is 3.16. The van der Waals surface area contributed by atoms with Crippen LogP contribution in [0.2, 0.25) is 0 Å². The zero-order chi connectivity index (χ0) is 15.9. The Hall–Kier alpha value is -1.00. The summed E-state index contributed by atoms with van der Waals surface area (Å²) in [4.78, 5) is 0. The van der Waals surface area contributed by atoms with Gasteiger partial charge in [-0.3, -0.25) is 0 Å². The van der Waals surface area contributed by atoms with Gasteiger partial charge in [0.05, 0.1) is 5.60 Å². The van der Waals surface area contributed by atoms with Crippen molar-refractivity contribution in [1.82, 2.24) is 5.32 Å². The molecule has 1 N–H and O–H groups in total. The van der Waals surface area contributed by atoms with Gasteiger partial charge in [0.25, 0.3) is 0 Å². The molecule has 21 heavy (non-hydrogen) atoms. The van der Waals surface area contributed by atoms with E-state index >= 15 is 0 Å². The zero-order valence-corrected chi connectivity index (χ0v) is 13.5. The largest absolute Gasteiger partial charge is 0.377 e. The standard InChI is InChI=1S/C17H27F2NO/c1-5-10-20-16(17(6-2,7-3)21-4)11-13-8-9-14(18)12-15(13)19/h8-9,12,16,20H,5-7,10-11H2,1-4H3. The molecule has 0 aliphatic rings. The fourth-order valence-corrected chi connectivity index (χ4v) is 2.84. The second-order valence-electron chi connectivity index (χ2n) is 5.42. The molecule has 0 aliphatic heterocycles. The minimum absolute atomic E-state index is 0.00240. The number of ether oxygens (including phenoxy) is 1. The van der Waals surface area contributed by atoms with Gasteiger partial charge >= 0.3 is 0 Å². The molecule has 0 saturated heterocycles. The van der Waals surface area contributed by atoms with E-state index in [0.717, 1.165) is 31.9 Å². The van der Waals surface area contributed by atoms with E-state index in [4.69, 9.17) is 4.74 Å². The lowest BCUT2D eigenvalue weighted by atomic mass is 9.84. The first-order valence-electron chi connectivity index (χ1n) is 7.75. The maximum atomic E-state index is 13.9. The van der Waals surface area contributed by atoms with Gasteiger partial charge in [-0.05, 0) is 43.9 Å². The van der Waals surface area contributed by atoms with Crippen molar-refractivity contribution in [1.29, 1.82) is 0 Å². The first-order chi connectivity index (χ1) is 10.0. The van der Waals surface area contributed by atoms with Crippen molar-refractivity contribution < 1.29 is 13.5 Å². The second kappa shape index (κ2) is 8.44. The number of rotatable bonds is 9. The van der Waals surface area contributed by atoms with E-state index in [2.05, 4.69) is 26.1 Å². The van der Waals surface area contributed by atoms with Crippen LogP contribution in [0.1, 0.15) is 45.6 Å². The molecule has 0 aromatic heterocycles. The van der Waals surface area contributed by atoms with Gasteiger partial charge in [-0.2, -0.15) is 0 Å². The summed E-state index contributed by atoms with van der Waals surface area (Å²) >= 11 is 0. The van der Waals surface area contributed by atoms with Crippen molar-refractivity contribution in [2.45, 2.75) is 58.1 Å². The van der Waals surface area contributed by atoms with Gasteiger partial charge in [-0.15, -0.1) is 0 Å². The van der Waals surface area contributed by atoms with Crippen molar-refractivity contribution in [2.24, 2.45) is 0 Å². The number of hydrogen-bond donors (Lipinski definition) is 1. The number of nitrogens with one attached hydrogen (secondary N) is 1. The molecule has 0 bridgehead atoms. The van der Waals surface area contributed by atoms with E-state index in [0.29, 0.717) is 12.0 Å². The molecular formula is C17H27F2NO. The molecule has 120 valence electrons. The minimum atomic E-state index is -0.543. The molecular weight excluding hydrogens is 272 g/mol. The molecule has 1 aromatic carbocycles. The number of halogens is 2. The third kappa shape index (κ3) is 4.48. The number of benzene rings is 1. The molecule has 0 heterocycles. The van der Waals surface area contributed by atoms with E-state index in [-0.39, 0.29) is 11.6 Å². The van der Waals surface area contributed by atoms with Crippen molar-refractivity contribution in [3.05, 3.63) is 35.4 Å². The van der Waals surface area contributed by atoms with Crippen LogP contribution in [-0.4, -0.2) is 25.3 Å². The molecule has 0 amide bonds. The molecule has 1 unspecified atom stereocenters. The highest BCUT2D eigenvalue weighted by Crippen LogP contribution is 2.27. The van der Waals surface area contributed by atoms with Crippen molar-refractivity contribution in [3.63, 3.8) is 0 Å². The topological polar surface area (TPSA) is 21.3 Å². The highest BCUT2D eigenvalue weighted by atomic mass is 19.1. The monoisotopic (exact) mass is 299 g/mol. The van der Waals surface area contributed by atoms with Gasteiger partial charge in [0, 0.05) is 19.2 Å². The SMILES string of the molecule is CCCNC(Cc1ccc(F)cc1F)C(CC)(CC)OC. The van der Waals surface area contributed by atoms with Crippen LogP contribution in [0.15, 0.2) is 18.2 Å². The van der Waals surface area contributed by atoms with Gasteiger partial charge in [-0.25, -0.2) is 8.78 Å². The van der Waals surface area contributed by atoms with Crippen LogP contribution in [-0.2, 0) is 11.2 Å². The lowest BCUT2D eigenvalue weighted by molar-refractivity contribution is -0.0473. The van der Waals surface area contributed by atoms with E-state index < -0.39 is 11.6 Å². The van der Waals surface area contributed by atoms with Crippen molar-refractivity contribution >= 4 is 0 Å². The quantitative estimate of drug-likeness (QED) is 0.742. The van der Waals surface area contributed by atoms with E-state index in [9.17, 15) is 8.78 Å². The predicted molar refractivity (Wildman–Crippen MR) is 82.5 cm³/mol. The third-order valence-electron chi connectivity index (χ3n) is 4.32.